The average molecular weight is 520 g/mol. The first-order valence-corrected chi connectivity index (χ1v) is 12.9. The summed E-state index contributed by atoms with van der Waals surface area (Å²) in [4.78, 5) is 27.5. The number of carbonyl (C=O) groups is 2. The summed E-state index contributed by atoms with van der Waals surface area (Å²) in [5.74, 6) is 1.07. The molecule has 0 aliphatic carbocycles. The molecule has 2 heterocycles. The van der Waals surface area contributed by atoms with Crippen LogP contribution < -0.4 is 4.74 Å². The Morgan fingerprint density at radius 2 is 1.58 bits per heavy atom. The van der Waals surface area contributed by atoms with Gasteiger partial charge in [0.25, 0.3) is 11.1 Å². The molecular weight excluding hydrogens is 494 g/mol. The molecule has 0 bridgehead atoms. The fourth-order valence-corrected chi connectivity index (χ4v) is 5.29. The van der Waals surface area contributed by atoms with Crippen LogP contribution in [-0.4, -0.2) is 20.6 Å². The molecule has 1 aliphatic heterocycles. The molecule has 2 amide bonds. The van der Waals surface area contributed by atoms with Crippen LogP contribution in [0.25, 0.3) is 11.8 Å². The lowest BCUT2D eigenvalue weighted by Crippen LogP contribution is -2.27. The summed E-state index contributed by atoms with van der Waals surface area (Å²) in [6.45, 7) is 6.25. The maximum atomic E-state index is 13.1. The number of aryl methyl sites for hydroxylation is 2. The van der Waals surface area contributed by atoms with Gasteiger partial charge >= 0.3 is 0 Å². The van der Waals surface area contributed by atoms with Crippen LogP contribution in [0.4, 0.5) is 4.79 Å². The molecule has 3 aromatic carbocycles. The first kappa shape index (κ1) is 25.1. The van der Waals surface area contributed by atoms with Crippen LogP contribution in [0.15, 0.2) is 83.8 Å². The first-order valence-electron chi connectivity index (χ1n) is 12.1. The van der Waals surface area contributed by atoms with E-state index in [0.717, 1.165) is 45.5 Å². The van der Waals surface area contributed by atoms with Gasteiger partial charge in [-0.05, 0) is 110 Å². The normalized spacial score (nSPS) is 14.3. The van der Waals surface area contributed by atoms with Crippen molar-refractivity contribution < 1.29 is 14.3 Å². The molecule has 0 N–H and O–H groups in total. The Labute approximate surface area is 225 Å². The second-order valence-corrected chi connectivity index (χ2v) is 10.1. The lowest BCUT2D eigenvalue weighted by atomic mass is 10.1. The van der Waals surface area contributed by atoms with E-state index in [9.17, 15) is 9.59 Å². The van der Waals surface area contributed by atoms with Gasteiger partial charge in [-0.1, -0.05) is 24.3 Å². The van der Waals surface area contributed by atoms with E-state index >= 15 is 0 Å². The van der Waals surface area contributed by atoms with Crippen LogP contribution >= 0.6 is 11.8 Å². The molecule has 0 spiro atoms. The Hall–Kier alpha value is -4.54. The van der Waals surface area contributed by atoms with Crippen molar-refractivity contribution in [1.29, 1.82) is 5.26 Å². The van der Waals surface area contributed by atoms with E-state index < -0.39 is 0 Å². The number of imide groups is 1. The largest absolute Gasteiger partial charge is 0.457 e. The zero-order valence-electron chi connectivity index (χ0n) is 21.3. The van der Waals surface area contributed by atoms with Gasteiger partial charge in [-0.15, -0.1) is 0 Å². The molecule has 6 nitrogen and oxygen atoms in total. The third kappa shape index (κ3) is 4.99. The van der Waals surface area contributed by atoms with Crippen LogP contribution in [0.2, 0.25) is 0 Å². The molecule has 1 aromatic heterocycles. The van der Waals surface area contributed by atoms with Crippen molar-refractivity contribution in [3.8, 4) is 23.3 Å². The lowest BCUT2D eigenvalue weighted by molar-refractivity contribution is -0.123. The molecule has 5 rings (SSSR count). The highest BCUT2D eigenvalue weighted by Crippen LogP contribution is 2.35. The third-order valence-corrected chi connectivity index (χ3v) is 7.44. The summed E-state index contributed by atoms with van der Waals surface area (Å²) in [7, 11) is 0. The topological polar surface area (TPSA) is 75.3 Å². The van der Waals surface area contributed by atoms with E-state index in [4.69, 9.17) is 10.00 Å². The molecule has 0 saturated carbocycles. The van der Waals surface area contributed by atoms with Gasteiger partial charge in [0.1, 0.15) is 11.5 Å². The Balaban J connectivity index is 1.35. The van der Waals surface area contributed by atoms with E-state index in [0.29, 0.717) is 22.0 Å². The zero-order valence-corrected chi connectivity index (χ0v) is 22.1. The molecule has 0 unspecified atom stereocenters. The van der Waals surface area contributed by atoms with Crippen molar-refractivity contribution in [2.24, 2.45) is 0 Å². The van der Waals surface area contributed by atoms with E-state index in [1.54, 1.807) is 24.3 Å². The molecule has 4 aromatic rings. The zero-order chi connectivity index (χ0) is 26.8. The van der Waals surface area contributed by atoms with Crippen molar-refractivity contribution in [3.05, 3.63) is 117 Å². The number of ether oxygens (including phenoxy) is 1. The Bertz CT molecular complexity index is 1610. The number of benzene rings is 3. The molecule has 0 atom stereocenters. The van der Waals surface area contributed by atoms with E-state index in [2.05, 4.69) is 10.6 Å². The van der Waals surface area contributed by atoms with Crippen LogP contribution in [-0.2, 0) is 11.3 Å². The van der Waals surface area contributed by atoms with Crippen LogP contribution in [0.3, 0.4) is 0 Å². The predicted octanol–water partition coefficient (Wildman–Crippen LogP) is 7.30. The predicted molar refractivity (Wildman–Crippen MR) is 149 cm³/mol. The number of carbonyl (C=O) groups excluding carboxylic acids is 2. The third-order valence-electron chi connectivity index (χ3n) is 6.53. The molecule has 1 saturated heterocycles. The maximum Gasteiger partial charge on any atom is 0.293 e. The minimum Gasteiger partial charge on any atom is -0.457 e. The summed E-state index contributed by atoms with van der Waals surface area (Å²) in [5, 5.41) is 8.70. The standard InChI is InChI=1S/C31H25N3O3S/c1-20-6-4-5-7-24(20)19-33-30(35)29(38-31(33)36)17-25-16-21(2)34(22(25)3)26-10-14-28(15-11-26)37-27-12-8-23(18-32)9-13-27/h4-17H,19H2,1-3H3/b29-17-. The number of hydrogen-bond acceptors (Lipinski definition) is 5. The molecule has 188 valence electrons. The lowest BCUT2D eigenvalue weighted by Gasteiger charge is -2.14. The number of amides is 2. The Morgan fingerprint density at radius 3 is 2.24 bits per heavy atom. The first-order chi connectivity index (χ1) is 18.3. The van der Waals surface area contributed by atoms with Crippen molar-refractivity contribution in [2.75, 3.05) is 0 Å². The molecular formula is C31H25N3O3S. The SMILES string of the molecule is Cc1ccccc1CN1C(=O)S/C(=C\c2cc(C)n(-c3ccc(Oc4ccc(C#N)cc4)cc3)c2C)C1=O. The van der Waals surface area contributed by atoms with Gasteiger partial charge in [-0.25, -0.2) is 0 Å². The van der Waals surface area contributed by atoms with E-state index in [1.807, 2.05) is 81.4 Å². The minimum absolute atomic E-state index is 0.254. The fraction of sp³-hybridized carbons (Fsp3) is 0.129. The number of rotatable bonds is 6. The second-order valence-electron chi connectivity index (χ2n) is 9.09. The number of thioether (sulfide) groups is 1. The molecule has 1 aliphatic rings. The minimum atomic E-state index is -0.266. The Kier molecular flexibility index (Phi) is 6.91. The van der Waals surface area contributed by atoms with Crippen molar-refractivity contribution in [3.63, 3.8) is 0 Å². The monoisotopic (exact) mass is 519 g/mol. The van der Waals surface area contributed by atoms with Gasteiger partial charge in [0.15, 0.2) is 0 Å². The fourth-order valence-electron chi connectivity index (χ4n) is 4.46. The molecule has 7 heteroatoms. The van der Waals surface area contributed by atoms with E-state index in [-0.39, 0.29) is 17.7 Å². The maximum absolute atomic E-state index is 13.1. The van der Waals surface area contributed by atoms with Gasteiger partial charge < -0.3 is 9.30 Å². The van der Waals surface area contributed by atoms with Crippen LogP contribution in [0, 0.1) is 32.1 Å². The molecule has 1 fully saturated rings. The summed E-state index contributed by atoms with van der Waals surface area (Å²) >= 11 is 0.981. The highest BCUT2D eigenvalue weighted by atomic mass is 32.2. The van der Waals surface area contributed by atoms with E-state index in [1.165, 1.54) is 4.90 Å². The number of nitrogens with zero attached hydrogens (tertiary/aromatic N) is 3. The second kappa shape index (κ2) is 10.4. The highest BCUT2D eigenvalue weighted by molar-refractivity contribution is 8.18. The van der Waals surface area contributed by atoms with Gasteiger partial charge in [0.2, 0.25) is 0 Å². The number of aromatic nitrogens is 1. The molecule has 38 heavy (non-hydrogen) atoms. The quantitative estimate of drug-likeness (QED) is 0.250. The van der Waals surface area contributed by atoms with Crippen molar-refractivity contribution >= 4 is 29.0 Å². The summed E-state index contributed by atoms with van der Waals surface area (Å²) in [6, 6.07) is 26.6. The average Bonchev–Trinajstić information content (AvgIpc) is 3.34. The van der Waals surface area contributed by atoms with Gasteiger partial charge in [-0.3, -0.25) is 14.5 Å². The Morgan fingerprint density at radius 1 is 0.921 bits per heavy atom. The van der Waals surface area contributed by atoms with Gasteiger partial charge in [0.05, 0.1) is 23.1 Å². The highest BCUT2D eigenvalue weighted by Gasteiger charge is 2.35. The summed E-state index contributed by atoms with van der Waals surface area (Å²) in [6.07, 6.45) is 1.81. The van der Waals surface area contributed by atoms with Crippen molar-refractivity contribution in [1.82, 2.24) is 9.47 Å². The van der Waals surface area contributed by atoms with Gasteiger partial charge in [0, 0.05) is 17.1 Å². The molecule has 0 radical (unpaired) electrons. The number of nitriles is 1. The van der Waals surface area contributed by atoms with Crippen molar-refractivity contribution in [2.45, 2.75) is 27.3 Å². The van der Waals surface area contributed by atoms with Gasteiger partial charge in [-0.2, -0.15) is 5.26 Å². The van der Waals surface area contributed by atoms with Crippen LogP contribution in [0.5, 0.6) is 11.5 Å². The van der Waals surface area contributed by atoms with Crippen LogP contribution in [0.1, 0.15) is 33.6 Å². The summed E-state index contributed by atoms with van der Waals surface area (Å²) in [5.41, 5.74) is 6.41. The number of hydrogen-bond donors (Lipinski definition) is 0. The summed E-state index contributed by atoms with van der Waals surface area (Å²) < 4.78 is 8.01. The smallest absolute Gasteiger partial charge is 0.293 e.